The second-order valence-corrected chi connectivity index (χ2v) is 4.33. The molecule has 0 N–H and O–H groups in total. The number of ether oxygens (including phenoxy) is 1. The first-order valence-electron chi connectivity index (χ1n) is 6.04. The van der Waals surface area contributed by atoms with E-state index >= 15 is 0 Å². The van der Waals surface area contributed by atoms with E-state index in [0.29, 0.717) is 5.70 Å². The summed E-state index contributed by atoms with van der Waals surface area (Å²) < 4.78 is 18.8. The number of allylic oxidation sites excluding steroid dienone is 3. The van der Waals surface area contributed by atoms with Gasteiger partial charge in [0.25, 0.3) is 0 Å². The molecule has 0 unspecified atom stereocenters. The molecule has 2 aliphatic heterocycles. The highest BCUT2D eigenvalue weighted by molar-refractivity contribution is 6.11. The summed E-state index contributed by atoms with van der Waals surface area (Å²) in [7, 11) is 1.80. The SMILES string of the molecule is CN1C=CC=C/C1=C1\N=C(c2ccccc2F)OC1=O. The van der Waals surface area contributed by atoms with Gasteiger partial charge in [0.05, 0.1) is 11.3 Å². The Labute approximate surface area is 115 Å². The van der Waals surface area contributed by atoms with Crippen LogP contribution in [0.1, 0.15) is 5.56 Å². The highest BCUT2D eigenvalue weighted by Gasteiger charge is 2.29. The lowest BCUT2D eigenvalue weighted by Crippen LogP contribution is -2.15. The molecule has 4 nitrogen and oxygen atoms in total. The number of carbonyl (C=O) groups is 1. The van der Waals surface area contributed by atoms with E-state index in [1.807, 2.05) is 6.08 Å². The van der Waals surface area contributed by atoms with Crippen LogP contribution in [0.15, 0.2) is 65.1 Å². The smallest absolute Gasteiger partial charge is 0.366 e. The molecule has 0 atom stereocenters. The number of benzene rings is 1. The molecule has 0 aliphatic carbocycles. The zero-order valence-corrected chi connectivity index (χ0v) is 10.7. The highest BCUT2D eigenvalue weighted by Crippen LogP contribution is 2.24. The minimum atomic E-state index is -0.579. The molecule has 1 aromatic rings. The van der Waals surface area contributed by atoms with Gasteiger partial charge in [0.1, 0.15) is 5.82 Å². The lowest BCUT2D eigenvalue weighted by Gasteiger charge is -2.17. The fourth-order valence-electron chi connectivity index (χ4n) is 1.99. The third kappa shape index (κ3) is 2.03. The number of halogens is 1. The second-order valence-electron chi connectivity index (χ2n) is 4.33. The largest absolute Gasteiger partial charge is 0.402 e. The summed E-state index contributed by atoms with van der Waals surface area (Å²) in [4.78, 5) is 17.8. The van der Waals surface area contributed by atoms with Gasteiger partial charge in [-0.15, -0.1) is 0 Å². The molecule has 0 fully saturated rings. The molecule has 3 rings (SSSR count). The lowest BCUT2D eigenvalue weighted by molar-refractivity contribution is -0.130. The standard InChI is InChI=1S/C15H11FN2O2/c1-18-9-5-4-8-12(18)13-15(19)20-14(17-13)10-6-2-3-7-11(10)16/h2-9H,1H3/b13-12+. The molecule has 20 heavy (non-hydrogen) atoms. The number of rotatable bonds is 1. The Morgan fingerprint density at radius 3 is 2.80 bits per heavy atom. The Morgan fingerprint density at radius 1 is 1.25 bits per heavy atom. The molecule has 2 aliphatic rings. The number of aliphatic imine (C=N–C) groups is 1. The van der Waals surface area contributed by atoms with Crippen LogP contribution in [-0.4, -0.2) is 23.8 Å². The minimum Gasteiger partial charge on any atom is -0.402 e. The van der Waals surface area contributed by atoms with Crippen molar-refractivity contribution < 1.29 is 13.9 Å². The van der Waals surface area contributed by atoms with Gasteiger partial charge in [0.2, 0.25) is 5.90 Å². The van der Waals surface area contributed by atoms with Crippen molar-refractivity contribution in [1.82, 2.24) is 4.90 Å². The molecule has 0 amide bonds. The van der Waals surface area contributed by atoms with Crippen LogP contribution >= 0.6 is 0 Å². The van der Waals surface area contributed by atoms with Gasteiger partial charge >= 0.3 is 5.97 Å². The summed E-state index contributed by atoms with van der Waals surface area (Å²) in [6.07, 6.45) is 7.19. The summed E-state index contributed by atoms with van der Waals surface area (Å²) in [5.74, 6) is -1.06. The quantitative estimate of drug-likeness (QED) is 0.581. The molecule has 0 spiro atoms. The fourth-order valence-corrected chi connectivity index (χ4v) is 1.99. The monoisotopic (exact) mass is 270 g/mol. The van der Waals surface area contributed by atoms with Crippen LogP contribution < -0.4 is 0 Å². The molecule has 5 heteroatoms. The minimum absolute atomic E-state index is 0.00745. The summed E-state index contributed by atoms with van der Waals surface area (Å²) in [5, 5.41) is 0. The third-order valence-corrected chi connectivity index (χ3v) is 3.00. The average molecular weight is 270 g/mol. The van der Waals surface area contributed by atoms with Gasteiger partial charge in [0, 0.05) is 13.2 Å². The number of hydrogen-bond acceptors (Lipinski definition) is 4. The van der Waals surface area contributed by atoms with Gasteiger partial charge in [-0.3, -0.25) is 0 Å². The predicted octanol–water partition coefficient (Wildman–Crippen LogP) is 2.36. The number of carbonyl (C=O) groups excluding carboxylic acids is 1. The van der Waals surface area contributed by atoms with Crippen molar-refractivity contribution in [3.63, 3.8) is 0 Å². The highest BCUT2D eigenvalue weighted by atomic mass is 19.1. The number of likely N-dealkylation sites (N-methyl/N-ethyl adjacent to an activating group) is 1. The van der Waals surface area contributed by atoms with Crippen LogP contribution in [0.2, 0.25) is 0 Å². The van der Waals surface area contributed by atoms with Crippen molar-refractivity contribution >= 4 is 11.9 Å². The van der Waals surface area contributed by atoms with Gasteiger partial charge in [-0.05, 0) is 24.3 Å². The summed E-state index contributed by atoms with van der Waals surface area (Å²) in [6, 6.07) is 6.05. The molecular formula is C15H11FN2O2. The van der Waals surface area contributed by atoms with Crippen molar-refractivity contribution in [3.8, 4) is 0 Å². The Bertz CT molecular complexity index is 702. The van der Waals surface area contributed by atoms with Gasteiger partial charge in [-0.25, -0.2) is 14.2 Å². The fraction of sp³-hybridized carbons (Fsp3) is 0.0667. The Hall–Kier alpha value is -2.69. The van der Waals surface area contributed by atoms with Crippen LogP contribution in [-0.2, 0) is 9.53 Å². The van der Waals surface area contributed by atoms with Crippen molar-refractivity contribution in [2.24, 2.45) is 4.99 Å². The normalized spacial score (nSPS) is 21.2. The van der Waals surface area contributed by atoms with E-state index in [1.165, 1.54) is 12.1 Å². The lowest BCUT2D eigenvalue weighted by atomic mass is 10.2. The van der Waals surface area contributed by atoms with Gasteiger partial charge in [0.15, 0.2) is 5.70 Å². The van der Waals surface area contributed by atoms with E-state index in [-0.39, 0.29) is 17.2 Å². The summed E-state index contributed by atoms with van der Waals surface area (Å²) >= 11 is 0. The molecular weight excluding hydrogens is 259 g/mol. The first-order chi connectivity index (χ1) is 9.66. The number of esters is 1. The molecule has 0 bridgehead atoms. The molecule has 0 saturated carbocycles. The van der Waals surface area contributed by atoms with Gasteiger partial charge < -0.3 is 9.64 Å². The average Bonchev–Trinajstić information content (AvgIpc) is 2.81. The van der Waals surface area contributed by atoms with E-state index < -0.39 is 11.8 Å². The zero-order valence-electron chi connectivity index (χ0n) is 10.7. The number of nitrogens with zero attached hydrogens (tertiary/aromatic N) is 2. The zero-order chi connectivity index (χ0) is 14.1. The first kappa shape index (κ1) is 12.3. The molecule has 0 aromatic heterocycles. The Balaban J connectivity index is 2.06. The van der Waals surface area contributed by atoms with Crippen molar-refractivity contribution in [2.75, 3.05) is 7.05 Å². The van der Waals surface area contributed by atoms with Gasteiger partial charge in [-0.2, -0.15) is 0 Å². The second kappa shape index (κ2) is 4.77. The molecule has 0 saturated heterocycles. The van der Waals surface area contributed by atoms with Crippen molar-refractivity contribution in [1.29, 1.82) is 0 Å². The van der Waals surface area contributed by atoms with Crippen LogP contribution in [0.5, 0.6) is 0 Å². The Morgan fingerprint density at radius 2 is 2.05 bits per heavy atom. The van der Waals surface area contributed by atoms with E-state index in [1.54, 1.807) is 42.4 Å². The van der Waals surface area contributed by atoms with Crippen LogP contribution in [0.25, 0.3) is 0 Å². The van der Waals surface area contributed by atoms with Crippen LogP contribution in [0.3, 0.4) is 0 Å². The van der Waals surface area contributed by atoms with Crippen molar-refractivity contribution in [2.45, 2.75) is 0 Å². The van der Waals surface area contributed by atoms with E-state index in [2.05, 4.69) is 4.99 Å². The maximum absolute atomic E-state index is 13.7. The maximum Gasteiger partial charge on any atom is 0.366 e. The third-order valence-electron chi connectivity index (χ3n) is 3.00. The molecule has 0 radical (unpaired) electrons. The Kier molecular flexibility index (Phi) is 2.95. The molecule has 1 aromatic carbocycles. The first-order valence-corrected chi connectivity index (χ1v) is 6.04. The van der Waals surface area contributed by atoms with Gasteiger partial charge in [-0.1, -0.05) is 18.2 Å². The van der Waals surface area contributed by atoms with E-state index in [0.717, 1.165) is 0 Å². The van der Waals surface area contributed by atoms with E-state index in [9.17, 15) is 9.18 Å². The predicted molar refractivity (Wildman–Crippen MR) is 72.1 cm³/mol. The van der Waals surface area contributed by atoms with Crippen LogP contribution in [0, 0.1) is 5.82 Å². The number of cyclic esters (lactones) is 1. The molecule has 100 valence electrons. The van der Waals surface area contributed by atoms with Crippen LogP contribution in [0.4, 0.5) is 4.39 Å². The molecule has 2 heterocycles. The summed E-state index contributed by atoms with van der Waals surface area (Å²) in [6.45, 7) is 0. The topological polar surface area (TPSA) is 41.9 Å². The maximum atomic E-state index is 13.7. The summed E-state index contributed by atoms with van der Waals surface area (Å²) in [5.41, 5.74) is 0.963. The van der Waals surface area contributed by atoms with E-state index in [4.69, 9.17) is 4.74 Å². The van der Waals surface area contributed by atoms with Crippen molar-refractivity contribution in [3.05, 3.63) is 71.5 Å². The number of hydrogen-bond donors (Lipinski definition) is 0.